The zero-order valence-electron chi connectivity index (χ0n) is 13.6. The van der Waals surface area contributed by atoms with Crippen LogP contribution < -0.4 is 21.2 Å². The first-order valence-corrected chi connectivity index (χ1v) is 8.17. The van der Waals surface area contributed by atoms with Gasteiger partial charge in [-0.25, -0.2) is 9.37 Å². The number of halogens is 2. The Bertz CT molecular complexity index is 833. The molecule has 3 N–H and O–H groups in total. The molecule has 0 bridgehead atoms. The van der Waals surface area contributed by atoms with Crippen LogP contribution in [-0.2, 0) is 4.74 Å². The number of aromatic hydroxyl groups is 1. The fraction of sp³-hybridized carbons (Fsp3) is 0.250. The minimum absolute atomic E-state index is 0.0374. The van der Waals surface area contributed by atoms with Crippen molar-refractivity contribution in [2.24, 2.45) is 0 Å². The third-order valence-electron chi connectivity index (χ3n) is 3.77. The zero-order chi connectivity index (χ0) is 18.7. The van der Waals surface area contributed by atoms with Gasteiger partial charge in [0.25, 0.3) is 5.91 Å². The van der Waals surface area contributed by atoms with E-state index in [1.165, 1.54) is 24.3 Å². The molecule has 2 aromatic rings. The first-order valence-electron chi connectivity index (χ1n) is 7.79. The van der Waals surface area contributed by atoms with Crippen LogP contribution in [0.15, 0.2) is 24.3 Å². The van der Waals surface area contributed by atoms with Crippen LogP contribution in [0.4, 0.5) is 16.0 Å². The smallest absolute Gasteiger partial charge is 0.273 e. The second-order valence-electron chi connectivity index (χ2n) is 5.58. The molecule has 2 radical (unpaired) electrons. The number of phenolic OH excluding ortho intramolecular Hbond substituents is 1. The Balaban J connectivity index is 1.73. The molecule has 1 aliphatic rings. The van der Waals surface area contributed by atoms with Gasteiger partial charge in [-0.2, -0.15) is 0 Å². The van der Waals surface area contributed by atoms with E-state index < -0.39 is 11.7 Å². The lowest BCUT2D eigenvalue weighted by molar-refractivity contribution is 0.0960. The normalized spacial score (nSPS) is 14.2. The van der Waals surface area contributed by atoms with Gasteiger partial charge in [0.15, 0.2) is 11.6 Å². The molecule has 1 saturated heterocycles. The number of hydrogen-bond acceptors (Lipinski definition) is 6. The number of hydrazine groups is 1. The number of benzene rings is 1. The first kappa shape index (κ1) is 18.3. The van der Waals surface area contributed by atoms with Crippen LogP contribution in [-0.4, -0.2) is 50.1 Å². The Morgan fingerprint density at radius 3 is 2.81 bits per heavy atom. The zero-order valence-corrected chi connectivity index (χ0v) is 14.4. The number of anilines is 2. The van der Waals surface area contributed by atoms with Gasteiger partial charge in [0.2, 0.25) is 0 Å². The number of hydrogen-bond donors (Lipinski definition) is 3. The summed E-state index contributed by atoms with van der Waals surface area (Å²) in [5.74, 6) is -1.13. The van der Waals surface area contributed by atoms with Gasteiger partial charge in [0.1, 0.15) is 19.4 Å². The number of aromatic nitrogens is 1. The highest BCUT2D eigenvalue weighted by atomic mass is 35.5. The van der Waals surface area contributed by atoms with Crippen LogP contribution in [0.3, 0.4) is 0 Å². The van der Waals surface area contributed by atoms with Crippen molar-refractivity contribution in [2.45, 2.75) is 0 Å². The highest BCUT2D eigenvalue weighted by molar-refractivity contribution is 6.38. The third kappa shape index (κ3) is 4.00. The molecule has 3 rings (SSSR count). The van der Waals surface area contributed by atoms with E-state index >= 15 is 0 Å². The Morgan fingerprint density at radius 1 is 1.35 bits per heavy atom. The van der Waals surface area contributed by atoms with E-state index in [2.05, 4.69) is 15.8 Å². The van der Waals surface area contributed by atoms with Crippen LogP contribution >= 0.6 is 11.6 Å². The largest absolute Gasteiger partial charge is 0.506 e. The van der Waals surface area contributed by atoms with Gasteiger partial charge in [-0.15, -0.1) is 0 Å². The van der Waals surface area contributed by atoms with Gasteiger partial charge < -0.3 is 14.7 Å². The van der Waals surface area contributed by atoms with Gasteiger partial charge in [-0.3, -0.25) is 15.6 Å². The number of amides is 1. The number of nitrogens with zero attached hydrogens (tertiary/aromatic N) is 2. The number of carbonyl (C=O) groups excluding carboxylic acids is 1. The Labute approximate surface area is 155 Å². The van der Waals surface area contributed by atoms with Crippen LogP contribution in [0.1, 0.15) is 10.4 Å². The summed E-state index contributed by atoms with van der Waals surface area (Å²) < 4.78 is 19.3. The molecule has 0 saturated carbocycles. The number of carbonyl (C=O) groups is 1. The number of morpholine rings is 1. The monoisotopic (exact) mass is 376 g/mol. The molecule has 1 aromatic carbocycles. The lowest BCUT2D eigenvalue weighted by Gasteiger charge is -2.28. The molecule has 0 atom stereocenters. The van der Waals surface area contributed by atoms with E-state index in [1.807, 2.05) is 0 Å². The number of nitrogens with one attached hydrogen (secondary N) is 2. The van der Waals surface area contributed by atoms with Gasteiger partial charge in [0.05, 0.1) is 23.8 Å². The van der Waals surface area contributed by atoms with E-state index in [4.69, 9.17) is 24.2 Å². The summed E-state index contributed by atoms with van der Waals surface area (Å²) in [5, 5.41) is 9.84. The first-order chi connectivity index (χ1) is 12.5. The Hall–Kier alpha value is -2.52. The van der Waals surface area contributed by atoms with E-state index in [-0.39, 0.29) is 33.4 Å². The van der Waals surface area contributed by atoms with Gasteiger partial charge in [-0.05, 0) is 18.2 Å². The topological polar surface area (TPSA) is 86.7 Å². The molecule has 26 heavy (non-hydrogen) atoms. The average Bonchev–Trinajstić information content (AvgIpc) is 2.64. The second-order valence-corrected chi connectivity index (χ2v) is 5.99. The standard InChI is InChI=1S/C16H15BClFN4O3/c17-9-7-10(14(24)11(18)8-9)16(25)22-21-13-2-1-12(19)15(20-13)23-3-5-26-6-4-23/h1-2,7-8,24H,3-6H2,(H,20,21)(H,22,25). The molecule has 0 spiro atoms. The van der Waals surface area contributed by atoms with Crippen molar-refractivity contribution in [3.8, 4) is 5.75 Å². The molecule has 1 aromatic heterocycles. The van der Waals surface area contributed by atoms with Gasteiger partial charge in [-0.1, -0.05) is 23.1 Å². The molecule has 0 aliphatic carbocycles. The second kappa shape index (κ2) is 7.80. The molecule has 10 heteroatoms. The molecule has 134 valence electrons. The van der Waals surface area contributed by atoms with Crippen molar-refractivity contribution < 1.29 is 19.0 Å². The molecule has 2 heterocycles. The average molecular weight is 377 g/mol. The predicted octanol–water partition coefficient (Wildman–Crippen LogP) is 0.967. The fourth-order valence-corrected chi connectivity index (χ4v) is 2.71. The predicted molar refractivity (Wildman–Crippen MR) is 96.8 cm³/mol. The number of phenols is 1. The van der Waals surface area contributed by atoms with Crippen molar-refractivity contribution in [1.29, 1.82) is 0 Å². The molecule has 1 aliphatic heterocycles. The SMILES string of the molecule is [B]c1cc(Cl)c(O)c(C(=O)NNc2ccc(F)c(N3CCOCC3)n2)c1. The maximum atomic E-state index is 14.0. The van der Waals surface area contributed by atoms with Crippen molar-refractivity contribution >= 4 is 42.5 Å². The summed E-state index contributed by atoms with van der Waals surface area (Å²) in [7, 11) is 5.63. The van der Waals surface area contributed by atoms with Crippen LogP contribution in [0.2, 0.25) is 5.02 Å². The van der Waals surface area contributed by atoms with Gasteiger partial charge in [0, 0.05) is 13.1 Å². The van der Waals surface area contributed by atoms with Crippen molar-refractivity contribution in [3.05, 3.63) is 40.7 Å². The quantitative estimate of drug-likeness (QED) is 0.544. The van der Waals surface area contributed by atoms with E-state index in [9.17, 15) is 14.3 Å². The minimum atomic E-state index is -0.671. The van der Waals surface area contributed by atoms with Crippen LogP contribution in [0.25, 0.3) is 0 Å². The minimum Gasteiger partial charge on any atom is -0.506 e. The van der Waals surface area contributed by atoms with E-state index in [0.717, 1.165) is 0 Å². The van der Waals surface area contributed by atoms with Crippen molar-refractivity contribution in [1.82, 2.24) is 10.4 Å². The van der Waals surface area contributed by atoms with E-state index in [0.29, 0.717) is 26.3 Å². The van der Waals surface area contributed by atoms with Gasteiger partial charge >= 0.3 is 0 Å². The van der Waals surface area contributed by atoms with Crippen LogP contribution in [0.5, 0.6) is 5.75 Å². The summed E-state index contributed by atoms with van der Waals surface area (Å²) in [5.41, 5.74) is 5.08. The molecule has 1 fully saturated rings. The van der Waals surface area contributed by atoms with Crippen molar-refractivity contribution in [2.75, 3.05) is 36.6 Å². The maximum Gasteiger partial charge on any atom is 0.273 e. The summed E-state index contributed by atoms with van der Waals surface area (Å²) in [6, 6.07) is 5.25. The lowest BCUT2D eigenvalue weighted by Crippen LogP contribution is -2.37. The Morgan fingerprint density at radius 2 is 2.08 bits per heavy atom. The van der Waals surface area contributed by atoms with E-state index in [1.54, 1.807) is 4.90 Å². The van der Waals surface area contributed by atoms with Crippen molar-refractivity contribution in [3.63, 3.8) is 0 Å². The molecule has 1 amide bonds. The lowest BCUT2D eigenvalue weighted by atomic mass is 9.94. The highest BCUT2D eigenvalue weighted by Crippen LogP contribution is 2.26. The van der Waals surface area contributed by atoms with Crippen LogP contribution in [0, 0.1) is 5.82 Å². The molecular formula is C16H15BClFN4O3. The Kier molecular flexibility index (Phi) is 5.48. The summed E-state index contributed by atoms with van der Waals surface area (Å²) >= 11 is 5.80. The molecule has 0 unspecified atom stereocenters. The summed E-state index contributed by atoms with van der Waals surface area (Å²) in [4.78, 5) is 18.2. The number of pyridine rings is 1. The summed E-state index contributed by atoms with van der Waals surface area (Å²) in [6.07, 6.45) is 0. The molecule has 7 nitrogen and oxygen atoms in total. The molecular weight excluding hydrogens is 361 g/mol. The third-order valence-corrected chi connectivity index (χ3v) is 4.06. The number of rotatable bonds is 4. The summed E-state index contributed by atoms with van der Waals surface area (Å²) in [6.45, 7) is 2.03. The number of ether oxygens (including phenoxy) is 1. The highest BCUT2D eigenvalue weighted by Gasteiger charge is 2.18. The fourth-order valence-electron chi connectivity index (χ4n) is 2.48. The maximum absolute atomic E-state index is 14.0.